The van der Waals surface area contributed by atoms with Gasteiger partial charge in [0, 0.05) is 11.8 Å². The van der Waals surface area contributed by atoms with E-state index in [1.54, 1.807) is 0 Å². The summed E-state index contributed by atoms with van der Waals surface area (Å²) in [7, 11) is 0. The average molecular weight is 239 g/mol. The summed E-state index contributed by atoms with van der Waals surface area (Å²) in [4.78, 5) is 11.2. The van der Waals surface area contributed by atoms with Crippen molar-refractivity contribution in [1.82, 2.24) is 0 Å². The third-order valence-electron chi connectivity index (χ3n) is 5.10. The van der Waals surface area contributed by atoms with Crippen LogP contribution in [0.3, 0.4) is 0 Å². The van der Waals surface area contributed by atoms with Crippen LogP contribution in [0.4, 0.5) is 0 Å². The zero-order valence-corrected chi connectivity index (χ0v) is 10.7. The molecule has 4 nitrogen and oxygen atoms in total. The topological polar surface area (TPSA) is 69.9 Å². The molecule has 4 heteroatoms. The predicted octanol–water partition coefficient (Wildman–Crippen LogP) is 2.61. The Morgan fingerprint density at radius 3 is 2.59 bits per heavy atom. The van der Waals surface area contributed by atoms with Crippen LogP contribution < -0.4 is 0 Å². The first-order valence-electron chi connectivity index (χ1n) is 6.38. The molecule has 3 rings (SSSR count). The molecule has 0 heterocycles. The minimum Gasteiger partial charge on any atom is -0.481 e. The highest BCUT2D eigenvalue weighted by Crippen LogP contribution is 2.60. The quantitative estimate of drug-likeness (QED) is 0.587. The molecule has 0 aromatic carbocycles. The molecule has 17 heavy (non-hydrogen) atoms. The Hall–Kier alpha value is -1.06. The van der Waals surface area contributed by atoms with E-state index in [0.29, 0.717) is 12.3 Å². The molecular weight excluding hydrogens is 218 g/mol. The van der Waals surface area contributed by atoms with Crippen LogP contribution in [0.1, 0.15) is 40.0 Å². The normalized spacial score (nSPS) is 38.5. The number of carbonyl (C=O) groups is 1. The Morgan fingerprint density at radius 1 is 1.53 bits per heavy atom. The van der Waals surface area contributed by atoms with E-state index in [1.807, 2.05) is 6.92 Å². The van der Waals surface area contributed by atoms with Gasteiger partial charge in [0.1, 0.15) is 0 Å². The summed E-state index contributed by atoms with van der Waals surface area (Å²) in [6, 6.07) is 0. The second-order valence-corrected chi connectivity index (χ2v) is 6.03. The zero-order chi connectivity index (χ0) is 12.8. The van der Waals surface area contributed by atoms with Gasteiger partial charge in [0.05, 0.1) is 11.6 Å². The maximum atomic E-state index is 11.2. The van der Waals surface area contributed by atoms with Crippen molar-refractivity contribution in [2.75, 3.05) is 0 Å². The molecule has 2 N–H and O–H groups in total. The molecule has 3 fully saturated rings. The van der Waals surface area contributed by atoms with Crippen LogP contribution in [-0.2, 0) is 4.79 Å². The van der Waals surface area contributed by atoms with E-state index in [4.69, 9.17) is 0 Å². The summed E-state index contributed by atoms with van der Waals surface area (Å²) >= 11 is 0. The van der Waals surface area contributed by atoms with E-state index in [0.717, 1.165) is 18.6 Å². The Kier molecular flexibility index (Phi) is 2.92. The number of fused-ring (bicyclic) bond motifs is 2. The van der Waals surface area contributed by atoms with E-state index in [9.17, 15) is 15.1 Å². The zero-order valence-electron chi connectivity index (χ0n) is 10.7. The van der Waals surface area contributed by atoms with Crippen LogP contribution >= 0.6 is 0 Å². The van der Waals surface area contributed by atoms with Gasteiger partial charge in [0.15, 0.2) is 0 Å². The smallest absolute Gasteiger partial charge is 0.307 e. The SMILES string of the molecule is CCC(C(=O)O)[C@H]1C[C@H]2C[C@@H](/C1=N\O)C2(C)C. The van der Waals surface area contributed by atoms with Crippen LogP contribution in [0.2, 0.25) is 0 Å². The number of hydrogen-bond acceptors (Lipinski definition) is 3. The van der Waals surface area contributed by atoms with Crippen molar-refractivity contribution >= 4 is 11.7 Å². The standard InChI is InChI=1S/C13H21NO3/c1-4-8(12(15)16)9-5-7-6-10(11(9)14-17)13(7,2)3/h7-10,17H,4-6H2,1-3H3,(H,15,16)/b14-11-/t7-,8?,9+,10-/m0/s1. The van der Waals surface area contributed by atoms with Gasteiger partial charge in [-0.3, -0.25) is 4.79 Å². The third kappa shape index (κ3) is 1.65. The van der Waals surface area contributed by atoms with Crippen LogP contribution in [-0.4, -0.2) is 22.0 Å². The van der Waals surface area contributed by atoms with Crippen molar-refractivity contribution < 1.29 is 15.1 Å². The summed E-state index contributed by atoms with van der Waals surface area (Å²) in [5, 5.41) is 21.9. The molecule has 0 radical (unpaired) electrons. The van der Waals surface area contributed by atoms with Gasteiger partial charge < -0.3 is 10.3 Å². The lowest BCUT2D eigenvalue weighted by Crippen LogP contribution is -2.58. The first kappa shape index (κ1) is 12.4. The molecule has 4 atom stereocenters. The summed E-state index contributed by atoms with van der Waals surface area (Å²) in [6.45, 7) is 6.27. The number of carboxylic acid groups (broad SMARTS) is 1. The highest BCUT2D eigenvalue weighted by atomic mass is 16.4. The molecule has 0 aromatic heterocycles. The molecule has 3 aliphatic carbocycles. The summed E-state index contributed by atoms with van der Waals surface area (Å²) in [6.07, 6.45) is 2.51. The molecule has 2 bridgehead atoms. The number of carboxylic acids is 1. The minimum atomic E-state index is -0.766. The first-order chi connectivity index (χ1) is 7.93. The van der Waals surface area contributed by atoms with Crippen LogP contribution in [0.25, 0.3) is 0 Å². The molecule has 0 amide bonds. The maximum absolute atomic E-state index is 11.2. The lowest BCUT2D eigenvalue weighted by atomic mass is 9.45. The fraction of sp³-hybridized carbons (Fsp3) is 0.846. The first-order valence-corrected chi connectivity index (χ1v) is 6.38. The third-order valence-corrected chi connectivity index (χ3v) is 5.10. The van der Waals surface area contributed by atoms with Gasteiger partial charge in [-0.05, 0) is 30.6 Å². The molecule has 1 unspecified atom stereocenters. The maximum Gasteiger partial charge on any atom is 0.307 e. The van der Waals surface area contributed by atoms with Crippen LogP contribution in [0.5, 0.6) is 0 Å². The molecule has 96 valence electrons. The van der Waals surface area contributed by atoms with Crippen molar-refractivity contribution in [1.29, 1.82) is 0 Å². The monoisotopic (exact) mass is 239 g/mol. The minimum absolute atomic E-state index is 0.0701. The molecule has 0 spiro atoms. The summed E-state index contributed by atoms with van der Waals surface area (Å²) in [5.41, 5.74) is 0.904. The lowest BCUT2D eigenvalue weighted by molar-refractivity contribution is -0.144. The van der Waals surface area contributed by atoms with Crippen molar-refractivity contribution in [2.45, 2.75) is 40.0 Å². The van der Waals surface area contributed by atoms with Crippen LogP contribution in [0, 0.1) is 29.1 Å². The average Bonchev–Trinajstić information content (AvgIpc) is 2.28. The highest BCUT2D eigenvalue weighted by molar-refractivity contribution is 5.94. The lowest BCUT2D eigenvalue weighted by Gasteiger charge is -2.59. The molecule has 3 aliphatic rings. The molecule has 3 saturated carbocycles. The Labute approximate surface area is 102 Å². The molecule has 0 aromatic rings. The van der Waals surface area contributed by atoms with E-state index < -0.39 is 11.9 Å². The molecule has 0 aliphatic heterocycles. The van der Waals surface area contributed by atoms with Crippen molar-refractivity contribution in [3.8, 4) is 0 Å². The number of aliphatic carboxylic acids is 1. The van der Waals surface area contributed by atoms with Gasteiger partial charge >= 0.3 is 5.97 Å². The van der Waals surface area contributed by atoms with Gasteiger partial charge in [-0.25, -0.2) is 0 Å². The van der Waals surface area contributed by atoms with E-state index in [2.05, 4.69) is 19.0 Å². The van der Waals surface area contributed by atoms with E-state index in [1.165, 1.54) is 0 Å². The number of hydrogen-bond donors (Lipinski definition) is 2. The summed E-state index contributed by atoms with van der Waals surface area (Å²) < 4.78 is 0. The summed E-state index contributed by atoms with van der Waals surface area (Å²) in [5.74, 6) is -0.389. The fourth-order valence-electron chi connectivity index (χ4n) is 3.75. The second-order valence-electron chi connectivity index (χ2n) is 6.03. The predicted molar refractivity (Wildman–Crippen MR) is 64.1 cm³/mol. The van der Waals surface area contributed by atoms with Gasteiger partial charge in [-0.1, -0.05) is 25.9 Å². The number of oxime groups is 1. The van der Waals surface area contributed by atoms with Gasteiger partial charge in [-0.15, -0.1) is 0 Å². The Balaban J connectivity index is 2.25. The molecular formula is C13H21NO3. The Bertz CT molecular complexity index is 362. The van der Waals surface area contributed by atoms with Crippen LogP contribution in [0.15, 0.2) is 5.16 Å². The van der Waals surface area contributed by atoms with Gasteiger partial charge in [0.2, 0.25) is 0 Å². The fourth-order valence-corrected chi connectivity index (χ4v) is 3.75. The van der Waals surface area contributed by atoms with E-state index >= 15 is 0 Å². The van der Waals surface area contributed by atoms with Crippen molar-refractivity contribution in [3.63, 3.8) is 0 Å². The van der Waals surface area contributed by atoms with Gasteiger partial charge in [-0.2, -0.15) is 0 Å². The van der Waals surface area contributed by atoms with Gasteiger partial charge in [0.25, 0.3) is 0 Å². The largest absolute Gasteiger partial charge is 0.481 e. The highest BCUT2D eigenvalue weighted by Gasteiger charge is 2.58. The Morgan fingerprint density at radius 2 is 2.18 bits per heavy atom. The van der Waals surface area contributed by atoms with E-state index in [-0.39, 0.29) is 17.3 Å². The van der Waals surface area contributed by atoms with Crippen molar-refractivity contribution in [3.05, 3.63) is 0 Å². The van der Waals surface area contributed by atoms with Crippen molar-refractivity contribution in [2.24, 2.45) is 34.2 Å². The number of nitrogens with zero attached hydrogens (tertiary/aromatic N) is 1. The second kappa shape index (κ2) is 4.00. The number of rotatable bonds is 3. The molecule has 0 saturated heterocycles.